The molecule has 1 amide bonds. The summed E-state index contributed by atoms with van der Waals surface area (Å²) in [6.45, 7) is -0.240. The largest absolute Gasteiger partial charge is 0.473 e. The Morgan fingerprint density at radius 1 is 1.31 bits per heavy atom. The lowest BCUT2D eigenvalue weighted by atomic mass is 10.2. The Bertz CT molecular complexity index is 351. The van der Waals surface area contributed by atoms with Gasteiger partial charge in [0.05, 0.1) is 13.7 Å². The molecule has 0 bridgehead atoms. The Morgan fingerprint density at radius 2 is 1.88 bits per heavy atom. The van der Waals surface area contributed by atoms with Gasteiger partial charge < -0.3 is 0 Å². The number of hydrogen-bond donors (Lipinski definition) is 0. The van der Waals surface area contributed by atoms with Crippen molar-refractivity contribution in [2.24, 2.45) is 0 Å². The topological polar surface area (TPSA) is 29.5 Å². The SMILES string of the molecule is CON(Cc1ccccc1)C(=O)C(F)(F)F. The number of alkyl halides is 3. The number of amides is 1. The van der Waals surface area contributed by atoms with E-state index in [0.29, 0.717) is 5.56 Å². The fourth-order valence-corrected chi connectivity index (χ4v) is 1.11. The molecule has 0 atom stereocenters. The molecular weight excluding hydrogens is 223 g/mol. The number of carbonyl (C=O) groups is 1. The highest BCUT2D eigenvalue weighted by Gasteiger charge is 2.43. The van der Waals surface area contributed by atoms with Gasteiger partial charge in [0, 0.05) is 0 Å². The Hall–Kier alpha value is -1.56. The van der Waals surface area contributed by atoms with Crippen LogP contribution < -0.4 is 0 Å². The van der Waals surface area contributed by atoms with Crippen molar-refractivity contribution in [1.82, 2.24) is 5.06 Å². The van der Waals surface area contributed by atoms with E-state index >= 15 is 0 Å². The Kier molecular flexibility index (Phi) is 3.89. The van der Waals surface area contributed by atoms with Crippen LogP contribution in [0.1, 0.15) is 5.56 Å². The molecule has 0 spiro atoms. The van der Waals surface area contributed by atoms with Gasteiger partial charge in [0.2, 0.25) is 0 Å². The number of nitrogens with zero attached hydrogens (tertiary/aromatic N) is 1. The molecule has 0 unspecified atom stereocenters. The van der Waals surface area contributed by atoms with Crippen molar-refractivity contribution in [2.75, 3.05) is 7.11 Å². The second kappa shape index (κ2) is 4.98. The van der Waals surface area contributed by atoms with Gasteiger partial charge in [-0.05, 0) is 5.56 Å². The molecule has 3 nitrogen and oxygen atoms in total. The van der Waals surface area contributed by atoms with Crippen molar-refractivity contribution >= 4 is 5.91 Å². The molecule has 0 aliphatic carbocycles. The lowest BCUT2D eigenvalue weighted by Gasteiger charge is -2.20. The third-order valence-corrected chi connectivity index (χ3v) is 1.86. The molecule has 1 aromatic rings. The van der Waals surface area contributed by atoms with Gasteiger partial charge in [-0.15, -0.1) is 0 Å². The van der Waals surface area contributed by atoms with Crippen LogP contribution in [-0.2, 0) is 16.2 Å². The lowest BCUT2D eigenvalue weighted by molar-refractivity contribution is -0.225. The number of hydrogen-bond acceptors (Lipinski definition) is 2. The van der Waals surface area contributed by atoms with E-state index in [-0.39, 0.29) is 11.6 Å². The van der Waals surface area contributed by atoms with Crippen molar-refractivity contribution in [3.8, 4) is 0 Å². The summed E-state index contributed by atoms with van der Waals surface area (Å²) in [5.74, 6) is -2.01. The normalized spacial score (nSPS) is 11.2. The molecule has 0 saturated carbocycles. The minimum Gasteiger partial charge on any atom is -0.274 e. The van der Waals surface area contributed by atoms with Gasteiger partial charge in [-0.2, -0.15) is 13.2 Å². The van der Waals surface area contributed by atoms with Crippen molar-refractivity contribution < 1.29 is 22.8 Å². The van der Waals surface area contributed by atoms with Crippen LogP contribution >= 0.6 is 0 Å². The van der Waals surface area contributed by atoms with Gasteiger partial charge in [0.15, 0.2) is 0 Å². The van der Waals surface area contributed by atoms with Crippen molar-refractivity contribution in [3.05, 3.63) is 35.9 Å². The zero-order chi connectivity index (χ0) is 12.2. The van der Waals surface area contributed by atoms with E-state index < -0.39 is 12.1 Å². The first-order valence-corrected chi connectivity index (χ1v) is 4.42. The Balaban J connectivity index is 2.74. The summed E-state index contributed by atoms with van der Waals surface area (Å²) in [5, 5.41) is 0.273. The summed E-state index contributed by atoms with van der Waals surface area (Å²) < 4.78 is 36.4. The maximum atomic E-state index is 12.1. The third-order valence-electron chi connectivity index (χ3n) is 1.86. The fraction of sp³-hybridized carbons (Fsp3) is 0.300. The molecule has 1 rings (SSSR count). The number of carbonyl (C=O) groups excluding carboxylic acids is 1. The van der Waals surface area contributed by atoms with Crippen LogP contribution in [0.4, 0.5) is 13.2 Å². The molecule has 16 heavy (non-hydrogen) atoms. The Labute approximate surface area is 90.4 Å². The second-order valence-corrected chi connectivity index (χ2v) is 3.01. The molecule has 0 aliphatic rings. The molecule has 0 saturated heterocycles. The first-order chi connectivity index (χ1) is 7.45. The Morgan fingerprint density at radius 3 is 2.31 bits per heavy atom. The summed E-state index contributed by atoms with van der Waals surface area (Å²) >= 11 is 0. The average Bonchev–Trinajstić information content (AvgIpc) is 2.25. The maximum Gasteiger partial charge on any atom is 0.473 e. The fourth-order valence-electron chi connectivity index (χ4n) is 1.11. The summed E-state index contributed by atoms with van der Waals surface area (Å²) in [6, 6.07) is 8.28. The highest BCUT2D eigenvalue weighted by atomic mass is 19.4. The van der Waals surface area contributed by atoms with Crippen LogP contribution in [0.2, 0.25) is 0 Å². The van der Waals surface area contributed by atoms with Crippen LogP contribution in [0.25, 0.3) is 0 Å². The highest BCUT2D eigenvalue weighted by molar-refractivity contribution is 5.80. The van der Waals surface area contributed by atoms with Crippen LogP contribution in [-0.4, -0.2) is 24.3 Å². The average molecular weight is 233 g/mol. The predicted molar refractivity (Wildman–Crippen MR) is 50.1 cm³/mol. The number of halogens is 3. The minimum atomic E-state index is -4.93. The first kappa shape index (κ1) is 12.5. The van der Waals surface area contributed by atoms with Crippen LogP contribution in [0.5, 0.6) is 0 Å². The molecule has 0 N–H and O–H groups in total. The van der Waals surface area contributed by atoms with Gasteiger partial charge in [0.25, 0.3) is 0 Å². The molecule has 0 radical (unpaired) electrons. The summed E-state index contributed by atoms with van der Waals surface area (Å²) in [6.07, 6.45) is -4.93. The molecule has 1 aromatic carbocycles. The van der Waals surface area contributed by atoms with Crippen LogP contribution in [0.15, 0.2) is 30.3 Å². The maximum absolute atomic E-state index is 12.1. The molecule has 0 heterocycles. The second-order valence-electron chi connectivity index (χ2n) is 3.01. The standard InChI is InChI=1S/C10H10F3NO2/c1-16-14(9(15)10(11,12)13)7-8-5-3-2-4-6-8/h2-6H,7H2,1H3. The lowest BCUT2D eigenvalue weighted by Crippen LogP contribution is -2.39. The van der Waals surface area contributed by atoms with E-state index in [9.17, 15) is 18.0 Å². The summed E-state index contributed by atoms with van der Waals surface area (Å²) in [5.41, 5.74) is 0.557. The van der Waals surface area contributed by atoms with E-state index in [0.717, 1.165) is 7.11 Å². The smallest absolute Gasteiger partial charge is 0.274 e. The number of benzene rings is 1. The van der Waals surface area contributed by atoms with Gasteiger partial charge in [-0.3, -0.25) is 9.63 Å². The van der Waals surface area contributed by atoms with Gasteiger partial charge in [0.1, 0.15) is 0 Å². The monoisotopic (exact) mass is 233 g/mol. The van der Waals surface area contributed by atoms with Gasteiger partial charge in [-0.1, -0.05) is 30.3 Å². The molecular formula is C10H10F3NO2. The van der Waals surface area contributed by atoms with Crippen LogP contribution in [0, 0.1) is 0 Å². The van der Waals surface area contributed by atoms with E-state index in [1.165, 1.54) is 0 Å². The molecule has 6 heteroatoms. The van der Waals surface area contributed by atoms with Crippen molar-refractivity contribution in [2.45, 2.75) is 12.7 Å². The number of rotatable bonds is 3. The molecule has 0 aromatic heterocycles. The van der Waals surface area contributed by atoms with E-state index in [4.69, 9.17) is 0 Å². The minimum absolute atomic E-state index is 0.240. The molecule has 88 valence electrons. The highest BCUT2D eigenvalue weighted by Crippen LogP contribution is 2.19. The quantitative estimate of drug-likeness (QED) is 0.748. The van der Waals surface area contributed by atoms with E-state index in [2.05, 4.69) is 4.84 Å². The molecule has 0 aliphatic heterocycles. The zero-order valence-corrected chi connectivity index (χ0v) is 8.49. The van der Waals surface area contributed by atoms with Crippen molar-refractivity contribution in [3.63, 3.8) is 0 Å². The third kappa shape index (κ3) is 3.23. The first-order valence-electron chi connectivity index (χ1n) is 4.42. The van der Waals surface area contributed by atoms with Crippen LogP contribution in [0.3, 0.4) is 0 Å². The van der Waals surface area contributed by atoms with E-state index in [1.807, 2.05) is 0 Å². The zero-order valence-electron chi connectivity index (χ0n) is 8.49. The summed E-state index contributed by atoms with van der Waals surface area (Å²) in [4.78, 5) is 15.3. The van der Waals surface area contributed by atoms with Crippen molar-refractivity contribution in [1.29, 1.82) is 0 Å². The van der Waals surface area contributed by atoms with Gasteiger partial charge >= 0.3 is 12.1 Å². The van der Waals surface area contributed by atoms with Gasteiger partial charge in [-0.25, -0.2) is 5.06 Å². The summed E-state index contributed by atoms with van der Waals surface area (Å²) in [7, 11) is 1.02. The molecule has 0 fully saturated rings. The predicted octanol–water partition coefficient (Wildman–Crippen LogP) is 2.14. The number of hydroxylamine groups is 2. The van der Waals surface area contributed by atoms with E-state index in [1.54, 1.807) is 30.3 Å².